The maximum Gasteiger partial charge on any atom is 0.163 e. The van der Waals surface area contributed by atoms with Crippen LogP contribution in [0.3, 0.4) is 0 Å². The van der Waals surface area contributed by atoms with Crippen LogP contribution in [0, 0.1) is 0 Å². The number of hydrogen-bond acceptors (Lipinski definition) is 4. The molecule has 5 atom stereocenters. The third kappa shape index (κ3) is 2.46. The summed E-state index contributed by atoms with van der Waals surface area (Å²) in [4.78, 5) is 0. The van der Waals surface area contributed by atoms with E-state index in [-0.39, 0.29) is 0 Å². The van der Waals surface area contributed by atoms with Crippen molar-refractivity contribution in [3.8, 4) is 0 Å². The third-order valence-corrected chi connectivity index (χ3v) is 3.83. The smallest absolute Gasteiger partial charge is 0.163 e. The lowest BCUT2D eigenvalue weighted by Crippen LogP contribution is -2.41. The number of rotatable bonds is 3. The summed E-state index contributed by atoms with van der Waals surface area (Å²) >= 11 is 0. The molecule has 4 nitrogen and oxygen atoms in total. The molecular weight excluding hydrogens is 261 g/mol. The number of nitrogens with two attached hydrogens (primary N) is 1. The Hall–Kier alpha value is -1.01. The Kier molecular flexibility index (Phi) is 3.54. The van der Waals surface area contributed by atoms with Gasteiger partial charge in [-0.15, -0.1) is 0 Å². The van der Waals surface area contributed by atoms with Gasteiger partial charge < -0.3 is 19.9 Å². The van der Waals surface area contributed by atoms with Gasteiger partial charge in [0.15, 0.2) is 5.79 Å². The minimum absolute atomic E-state index is 0.339. The molecule has 1 aliphatic heterocycles. The summed E-state index contributed by atoms with van der Waals surface area (Å²) in [6.45, 7) is 3.95. The zero-order chi connectivity index (χ0) is 14.3. The highest BCUT2D eigenvalue weighted by molar-refractivity contribution is 5.14. The molecular formula is C15H20FNO3. The lowest BCUT2D eigenvalue weighted by molar-refractivity contribution is -0.177. The molecule has 0 spiro atoms. The molecule has 3 rings (SSSR count). The van der Waals surface area contributed by atoms with E-state index in [1.165, 1.54) is 0 Å². The van der Waals surface area contributed by atoms with Crippen LogP contribution in [-0.4, -0.2) is 36.3 Å². The highest BCUT2D eigenvalue weighted by atomic mass is 19.1. The minimum atomic E-state index is -1.27. The third-order valence-electron chi connectivity index (χ3n) is 3.83. The Bertz CT molecular complexity index is 467. The molecule has 0 unspecified atom stereocenters. The second kappa shape index (κ2) is 5.07. The number of fused-ring (bicyclic) bond motifs is 1. The fourth-order valence-corrected chi connectivity index (χ4v) is 2.90. The molecule has 0 amide bonds. The maximum absolute atomic E-state index is 14.2. The van der Waals surface area contributed by atoms with Crippen LogP contribution in [0.5, 0.6) is 0 Å². The second-order valence-corrected chi connectivity index (χ2v) is 5.85. The standard InChI is InChI=1S/C15H20FNO3/c1-15(2)19-13-11(17)10(16)12(14(13)20-15)18-8-9-6-4-3-5-7-9/h3-7,10-14H,8,17H2,1-2H3/t10-,11+,12-,13-,14+/m0/s1. The van der Waals surface area contributed by atoms with Gasteiger partial charge in [0.05, 0.1) is 12.6 Å². The first kappa shape index (κ1) is 13.9. The summed E-state index contributed by atoms with van der Waals surface area (Å²) in [5.74, 6) is -0.735. The predicted octanol–water partition coefficient (Wildman–Crippen LogP) is 1.77. The normalized spacial score (nSPS) is 38.9. The molecule has 1 saturated carbocycles. The molecule has 1 aliphatic carbocycles. The van der Waals surface area contributed by atoms with E-state index in [0.29, 0.717) is 6.61 Å². The van der Waals surface area contributed by atoms with Gasteiger partial charge in [0.2, 0.25) is 0 Å². The van der Waals surface area contributed by atoms with Gasteiger partial charge in [-0.3, -0.25) is 0 Å². The molecule has 0 aromatic heterocycles. The van der Waals surface area contributed by atoms with E-state index < -0.39 is 36.3 Å². The quantitative estimate of drug-likeness (QED) is 0.917. The van der Waals surface area contributed by atoms with E-state index in [9.17, 15) is 4.39 Å². The lowest BCUT2D eigenvalue weighted by atomic mass is 10.2. The SMILES string of the molecule is CC1(C)O[C@H]2[C@@H](O1)[C@H](N)[C@H](F)[C@@H]2OCc1ccccc1. The van der Waals surface area contributed by atoms with Crippen LogP contribution >= 0.6 is 0 Å². The van der Waals surface area contributed by atoms with Crippen molar-refractivity contribution < 1.29 is 18.6 Å². The van der Waals surface area contributed by atoms with Crippen LogP contribution in [0.2, 0.25) is 0 Å². The summed E-state index contributed by atoms with van der Waals surface area (Å²) in [5.41, 5.74) is 6.88. The Morgan fingerprint density at radius 2 is 1.85 bits per heavy atom. The first-order valence-corrected chi connectivity index (χ1v) is 6.89. The summed E-state index contributed by atoms with van der Waals surface area (Å²) in [5, 5.41) is 0. The fraction of sp³-hybridized carbons (Fsp3) is 0.600. The molecule has 20 heavy (non-hydrogen) atoms. The molecule has 2 N–H and O–H groups in total. The zero-order valence-corrected chi connectivity index (χ0v) is 11.7. The molecule has 1 heterocycles. The average Bonchev–Trinajstić information content (AvgIpc) is 2.84. The van der Waals surface area contributed by atoms with Crippen molar-refractivity contribution in [1.29, 1.82) is 0 Å². The molecule has 2 fully saturated rings. The summed E-state index contributed by atoms with van der Waals surface area (Å²) in [7, 11) is 0. The Labute approximate surface area is 118 Å². The van der Waals surface area contributed by atoms with Gasteiger partial charge in [-0.25, -0.2) is 4.39 Å². The molecule has 1 saturated heterocycles. The lowest BCUT2D eigenvalue weighted by Gasteiger charge is -2.24. The zero-order valence-electron chi connectivity index (χ0n) is 11.7. The minimum Gasteiger partial charge on any atom is -0.368 e. The van der Waals surface area contributed by atoms with Gasteiger partial charge >= 0.3 is 0 Å². The monoisotopic (exact) mass is 281 g/mol. The Morgan fingerprint density at radius 3 is 2.55 bits per heavy atom. The number of hydrogen-bond donors (Lipinski definition) is 1. The number of halogens is 1. The van der Waals surface area contributed by atoms with Gasteiger partial charge in [-0.2, -0.15) is 0 Å². The van der Waals surface area contributed by atoms with Crippen molar-refractivity contribution in [2.75, 3.05) is 0 Å². The van der Waals surface area contributed by atoms with Crippen LogP contribution in [0.1, 0.15) is 19.4 Å². The topological polar surface area (TPSA) is 53.7 Å². The van der Waals surface area contributed by atoms with Gasteiger partial charge in [0.1, 0.15) is 24.5 Å². The highest BCUT2D eigenvalue weighted by Crippen LogP contribution is 2.40. The van der Waals surface area contributed by atoms with Crippen molar-refractivity contribution >= 4 is 0 Å². The number of ether oxygens (including phenoxy) is 3. The van der Waals surface area contributed by atoms with Crippen molar-refractivity contribution in [2.45, 2.75) is 56.8 Å². The van der Waals surface area contributed by atoms with E-state index >= 15 is 0 Å². The van der Waals surface area contributed by atoms with E-state index in [2.05, 4.69) is 0 Å². The van der Waals surface area contributed by atoms with E-state index in [1.54, 1.807) is 13.8 Å². The van der Waals surface area contributed by atoms with Gasteiger partial charge in [-0.05, 0) is 19.4 Å². The molecule has 1 aromatic carbocycles. The Morgan fingerprint density at radius 1 is 1.20 bits per heavy atom. The molecule has 110 valence electrons. The number of alkyl halides is 1. The van der Waals surface area contributed by atoms with Crippen LogP contribution in [0.25, 0.3) is 0 Å². The number of benzene rings is 1. The van der Waals surface area contributed by atoms with Crippen LogP contribution < -0.4 is 5.73 Å². The maximum atomic E-state index is 14.2. The van der Waals surface area contributed by atoms with E-state index in [4.69, 9.17) is 19.9 Å². The molecule has 1 aromatic rings. The predicted molar refractivity (Wildman–Crippen MR) is 71.7 cm³/mol. The second-order valence-electron chi connectivity index (χ2n) is 5.85. The molecule has 5 heteroatoms. The van der Waals surface area contributed by atoms with Gasteiger partial charge in [-0.1, -0.05) is 30.3 Å². The summed E-state index contributed by atoms with van der Waals surface area (Å²) in [6, 6.07) is 8.95. The largest absolute Gasteiger partial charge is 0.368 e. The van der Waals surface area contributed by atoms with Crippen LogP contribution in [0.15, 0.2) is 30.3 Å². The highest BCUT2D eigenvalue weighted by Gasteiger charge is 2.59. The Balaban J connectivity index is 1.69. The molecule has 0 bridgehead atoms. The molecule has 0 radical (unpaired) electrons. The van der Waals surface area contributed by atoms with Crippen molar-refractivity contribution in [3.63, 3.8) is 0 Å². The molecule has 2 aliphatic rings. The van der Waals surface area contributed by atoms with Gasteiger partial charge in [0.25, 0.3) is 0 Å². The average molecular weight is 281 g/mol. The van der Waals surface area contributed by atoms with Crippen molar-refractivity contribution in [2.24, 2.45) is 5.73 Å². The summed E-state index contributed by atoms with van der Waals surface area (Å²) < 4.78 is 31.4. The van der Waals surface area contributed by atoms with E-state index in [0.717, 1.165) is 5.56 Å². The van der Waals surface area contributed by atoms with Gasteiger partial charge in [0, 0.05) is 0 Å². The van der Waals surface area contributed by atoms with Crippen LogP contribution in [-0.2, 0) is 20.8 Å². The van der Waals surface area contributed by atoms with Crippen LogP contribution in [0.4, 0.5) is 4.39 Å². The van der Waals surface area contributed by atoms with Crippen molar-refractivity contribution in [1.82, 2.24) is 0 Å². The fourth-order valence-electron chi connectivity index (χ4n) is 2.90. The van der Waals surface area contributed by atoms with Crippen molar-refractivity contribution in [3.05, 3.63) is 35.9 Å². The first-order chi connectivity index (χ1) is 9.48. The first-order valence-electron chi connectivity index (χ1n) is 6.89. The van der Waals surface area contributed by atoms with E-state index in [1.807, 2.05) is 30.3 Å². The summed E-state index contributed by atoms with van der Waals surface area (Å²) in [6.07, 6.45) is -2.85.